The minimum Gasteiger partial charge on any atom is -0.375 e. The summed E-state index contributed by atoms with van der Waals surface area (Å²) < 4.78 is 5.59. The number of ether oxygens (including phenoxy) is 1. The van der Waals surface area contributed by atoms with Crippen molar-refractivity contribution in [3.63, 3.8) is 0 Å². The van der Waals surface area contributed by atoms with E-state index in [0.717, 1.165) is 55.4 Å². The lowest BCUT2D eigenvalue weighted by Gasteiger charge is -2.32. The maximum atomic E-state index is 5.59. The summed E-state index contributed by atoms with van der Waals surface area (Å²) in [7, 11) is 1.82. The molecule has 138 valence electrons. The Hall–Kier alpha value is -1.47. The fourth-order valence-electron chi connectivity index (χ4n) is 3.16. The Morgan fingerprint density at radius 2 is 2.36 bits per heavy atom. The van der Waals surface area contributed by atoms with E-state index in [1.165, 1.54) is 18.6 Å². The molecule has 2 unspecified atom stereocenters. The van der Waals surface area contributed by atoms with Gasteiger partial charge in [-0.25, -0.2) is 4.98 Å². The quantitative estimate of drug-likeness (QED) is 0.615. The first kappa shape index (κ1) is 18.3. The van der Waals surface area contributed by atoms with Crippen LogP contribution in [-0.4, -0.2) is 61.3 Å². The number of guanidine groups is 1. The van der Waals surface area contributed by atoms with Crippen LogP contribution in [0.1, 0.15) is 25.3 Å². The second-order valence-corrected chi connectivity index (χ2v) is 8.00. The Balaban J connectivity index is 1.45. The first-order valence-electron chi connectivity index (χ1n) is 9.12. The normalized spacial score (nSPS) is 24.4. The van der Waals surface area contributed by atoms with E-state index >= 15 is 0 Å². The van der Waals surface area contributed by atoms with Crippen LogP contribution in [0.25, 0.3) is 0 Å². The minimum absolute atomic E-state index is 0.268. The van der Waals surface area contributed by atoms with Gasteiger partial charge in [0.1, 0.15) is 5.82 Å². The predicted molar refractivity (Wildman–Crippen MR) is 106 cm³/mol. The van der Waals surface area contributed by atoms with Crippen molar-refractivity contribution in [1.29, 1.82) is 0 Å². The standard InChI is InChI=1S/C18H29N5OS/c1-14-13-23(7-8-24-14)17-6-5-15(10-20-17)11-21-18(19-2)22-12-16-4-3-9-25-16/h5-6,10,14,16H,3-4,7-9,11-13H2,1-2H3,(H2,19,21,22). The lowest BCUT2D eigenvalue weighted by molar-refractivity contribution is 0.0529. The highest BCUT2D eigenvalue weighted by molar-refractivity contribution is 8.00. The number of nitrogens with one attached hydrogen (secondary N) is 2. The summed E-state index contributed by atoms with van der Waals surface area (Å²) in [6, 6.07) is 4.23. The van der Waals surface area contributed by atoms with Crippen molar-refractivity contribution in [2.75, 3.05) is 43.9 Å². The van der Waals surface area contributed by atoms with E-state index in [9.17, 15) is 0 Å². The molecule has 3 rings (SSSR count). The van der Waals surface area contributed by atoms with E-state index in [-0.39, 0.29) is 6.10 Å². The van der Waals surface area contributed by atoms with Gasteiger partial charge in [-0.05, 0) is 37.1 Å². The van der Waals surface area contributed by atoms with Crippen molar-refractivity contribution in [1.82, 2.24) is 15.6 Å². The minimum atomic E-state index is 0.268. The van der Waals surface area contributed by atoms with E-state index in [2.05, 4.69) is 56.3 Å². The van der Waals surface area contributed by atoms with Gasteiger partial charge in [-0.2, -0.15) is 11.8 Å². The topological polar surface area (TPSA) is 61.8 Å². The molecule has 0 aliphatic carbocycles. The van der Waals surface area contributed by atoms with Gasteiger partial charge in [0.2, 0.25) is 0 Å². The van der Waals surface area contributed by atoms with Crippen LogP contribution in [0.15, 0.2) is 23.3 Å². The molecule has 2 aliphatic rings. The van der Waals surface area contributed by atoms with E-state index in [1.54, 1.807) is 0 Å². The fraction of sp³-hybridized carbons (Fsp3) is 0.667. The molecule has 0 saturated carbocycles. The Morgan fingerprint density at radius 1 is 1.44 bits per heavy atom. The van der Waals surface area contributed by atoms with Gasteiger partial charge >= 0.3 is 0 Å². The number of aliphatic imine (C=N–C) groups is 1. The number of pyridine rings is 1. The number of nitrogens with zero attached hydrogens (tertiary/aromatic N) is 3. The second-order valence-electron chi connectivity index (χ2n) is 6.59. The molecule has 2 saturated heterocycles. The van der Waals surface area contributed by atoms with Gasteiger partial charge in [0.15, 0.2) is 5.96 Å². The Morgan fingerprint density at radius 3 is 3.04 bits per heavy atom. The van der Waals surface area contributed by atoms with Crippen molar-refractivity contribution in [2.24, 2.45) is 4.99 Å². The summed E-state index contributed by atoms with van der Waals surface area (Å²) in [5.41, 5.74) is 1.16. The molecule has 2 N–H and O–H groups in total. The highest BCUT2D eigenvalue weighted by atomic mass is 32.2. The molecule has 2 aliphatic heterocycles. The van der Waals surface area contributed by atoms with Crippen molar-refractivity contribution in [2.45, 2.75) is 37.7 Å². The smallest absolute Gasteiger partial charge is 0.191 e. The molecule has 25 heavy (non-hydrogen) atoms. The van der Waals surface area contributed by atoms with Crippen LogP contribution in [0.4, 0.5) is 5.82 Å². The van der Waals surface area contributed by atoms with E-state index in [0.29, 0.717) is 0 Å². The lowest BCUT2D eigenvalue weighted by Crippen LogP contribution is -2.41. The second kappa shape index (κ2) is 9.29. The van der Waals surface area contributed by atoms with Gasteiger partial charge in [-0.1, -0.05) is 6.07 Å². The molecule has 0 radical (unpaired) electrons. The van der Waals surface area contributed by atoms with Crippen molar-refractivity contribution >= 4 is 23.5 Å². The summed E-state index contributed by atoms with van der Waals surface area (Å²) in [6.07, 6.45) is 4.86. The average molecular weight is 364 g/mol. The van der Waals surface area contributed by atoms with Crippen LogP contribution in [0.5, 0.6) is 0 Å². The fourth-order valence-corrected chi connectivity index (χ4v) is 4.36. The number of aromatic nitrogens is 1. The highest BCUT2D eigenvalue weighted by Gasteiger charge is 2.18. The summed E-state index contributed by atoms with van der Waals surface area (Å²) in [5.74, 6) is 3.18. The molecule has 6 nitrogen and oxygen atoms in total. The number of morpholine rings is 1. The number of thioether (sulfide) groups is 1. The first-order chi connectivity index (χ1) is 12.2. The van der Waals surface area contributed by atoms with Crippen LogP contribution in [0, 0.1) is 0 Å². The van der Waals surface area contributed by atoms with Gasteiger partial charge in [0.25, 0.3) is 0 Å². The zero-order valence-corrected chi connectivity index (χ0v) is 16.0. The van der Waals surface area contributed by atoms with Gasteiger partial charge in [0.05, 0.1) is 12.7 Å². The van der Waals surface area contributed by atoms with Crippen LogP contribution in [-0.2, 0) is 11.3 Å². The molecule has 0 aromatic carbocycles. The van der Waals surface area contributed by atoms with E-state index in [4.69, 9.17) is 4.74 Å². The zero-order valence-electron chi connectivity index (χ0n) is 15.2. The lowest BCUT2D eigenvalue weighted by atomic mass is 10.2. The summed E-state index contributed by atoms with van der Waals surface area (Å²) >= 11 is 2.06. The van der Waals surface area contributed by atoms with Crippen LogP contribution in [0.3, 0.4) is 0 Å². The van der Waals surface area contributed by atoms with Crippen molar-refractivity contribution < 1.29 is 4.74 Å². The number of hydrogen-bond acceptors (Lipinski definition) is 5. The number of hydrogen-bond donors (Lipinski definition) is 2. The van der Waals surface area contributed by atoms with Crippen LogP contribution < -0.4 is 15.5 Å². The number of rotatable bonds is 5. The molecule has 1 aromatic rings. The average Bonchev–Trinajstić information content (AvgIpc) is 3.16. The van der Waals surface area contributed by atoms with E-state index < -0.39 is 0 Å². The molecular formula is C18H29N5OS. The third-order valence-electron chi connectivity index (χ3n) is 4.58. The van der Waals surface area contributed by atoms with E-state index in [1.807, 2.05) is 13.2 Å². The maximum absolute atomic E-state index is 5.59. The SMILES string of the molecule is CN=C(NCc1ccc(N2CCOC(C)C2)nc1)NCC1CCCS1. The van der Waals surface area contributed by atoms with Crippen LogP contribution >= 0.6 is 11.8 Å². The van der Waals surface area contributed by atoms with Gasteiger partial charge in [-0.15, -0.1) is 0 Å². The molecule has 2 fully saturated rings. The number of anilines is 1. The molecule has 0 spiro atoms. The van der Waals surface area contributed by atoms with Crippen molar-refractivity contribution in [3.8, 4) is 0 Å². The maximum Gasteiger partial charge on any atom is 0.191 e. The molecular weight excluding hydrogens is 334 g/mol. The molecule has 2 atom stereocenters. The van der Waals surface area contributed by atoms with Crippen molar-refractivity contribution in [3.05, 3.63) is 23.9 Å². The molecule has 3 heterocycles. The van der Waals surface area contributed by atoms with Gasteiger partial charge in [-0.3, -0.25) is 4.99 Å². The monoisotopic (exact) mass is 363 g/mol. The molecule has 0 amide bonds. The predicted octanol–water partition coefficient (Wildman–Crippen LogP) is 1.87. The van der Waals surface area contributed by atoms with Crippen LogP contribution in [0.2, 0.25) is 0 Å². The third kappa shape index (κ3) is 5.51. The molecule has 7 heteroatoms. The Kier molecular flexibility index (Phi) is 6.81. The third-order valence-corrected chi connectivity index (χ3v) is 5.98. The first-order valence-corrected chi connectivity index (χ1v) is 10.2. The Labute approximate surface area is 154 Å². The molecule has 0 bridgehead atoms. The molecule has 1 aromatic heterocycles. The van der Waals surface area contributed by atoms with Gasteiger partial charge in [0, 0.05) is 44.7 Å². The largest absolute Gasteiger partial charge is 0.375 e. The summed E-state index contributed by atoms with van der Waals surface area (Å²) in [5, 5.41) is 7.51. The summed E-state index contributed by atoms with van der Waals surface area (Å²) in [6.45, 7) is 6.40. The summed E-state index contributed by atoms with van der Waals surface area (Å²) in [4.78, 5) is 11.2. The van der Waals surface area contributed by atoms with Gasteiger partial charge < -0.3 is 20.3 Å². The zero-order chi connectivity index (χ0) is 17.5. The Bertz CT molecular complexity index is 559. The highest BCUT2D eigenvalue weighted by Crippen LogP contribution is 2.25.